The summed E-state index contributed by atoms with van der Waals surface area (Å²) < 4.78 is 10.2. The second kappa shape index (κ2) is 8.60. The Morgan fingerprint density at radius 3 is 2.21 bits per heavy atom. The van der Waals surface area contributed by atoms with Crippen LogP contribution >= 0.6 is 0 Å². The minimum absolute atomic E-state index is 0.287. The van der Waals surface area contributed by atoms with Gasteiger partial charge in [-0.3, -0.25) is 0 Å². The van der Waals surface area contributed by atoms with Crippen LogP contribution in [-0.2, 0) is 14.3 Å². The first-order valence-electron chi connectivity index (χ1n) is 9.17. The number of carbonyl (C=O) groups excluding carboxylic acids is 3. The lowest BCUT2D eigenvalue weighted by Gasteiger charge is -2.30. The molecule has 2 aromatic carbocycles. The quantitative estimate of drug-likeness (QED) is 0.760. The number of methoxy groups -OCH3 is 1. The fourth-order valence-corrected chi connectivity index (χ4v) is 3.07. The third kappa shape index (κ3) is 4.45. The molecule has 1 unspecified atom stereocenters. The largest absolute Gasteiger partial charge is 0.465 e. The average molecular weight is 394 g/mol. The zero-order valence-corrected chi connectivity index (χ0v) is 16.4. The molecule has 2 aromatic rings. The fraction of sp³-hybridized carbons (Fsp3) is 0.227. The Morgan fingerprint density at radius 2 is 1.62 bits per heavy atom. The number of carbonyl (C=O) groups is 3. The second-order valence-corrected chi connectivity index (χ2v) is 6.75. The molecule has 0 bridgehead atoms. The van der Waals surface area contributed by atoms with E-state index in [1.54, 1.807) is 50.2 Å². The first-order chi connectivity index (χ1) is 13.9. The van der Waals surface area contributed by atoms with Crippen LogP contribution in [0.3, 0.4) is 0 Å². The van der Waals surface area contributed by atoms with Crippen LogP contribution in [0.2, 0.25) is 0 Å². The molecule has 7 heteroatoms. The summed E-state index contributed by atoms with van der Waals surface area (Å²) in [6, 6.07) is 14.4. The van der Waals surface area contributed by atoms with Crippen molar-refractivity contribution in [1.29, 1.82) is 0 Å². The Kier molecular flexibility index (Phi) is 5.97. The predicted octanol–water partition coefficient (Wildman–Crippen LogP) is 3.19. The Bertz CT molecular complexity index is 949. The number of ether oxygens (including phenoxy) is 2. The topological polar surface area (TPSA) is 93.7 Å². The second-order valence-electron chi connectivity index (χ2n) is 6.75. The summed E-state index contributed by atoms with van der Waals surface area (Å²) in [6.07, 6.45) is -0.327. The number of amides is 2. The molecule has 0 spiro atoms. The molecule has 7 nitrogen and oxygen atoms in total. The molecular weight excluding hydrogens is 372 g/mol. The van der Waals surface area contributed by atoms with E-state index in [1.807, 2.05) is 18.2 Å². The number of esters is 2. The van der Waals surface area contributed by atoms with Gasteiger partial charge in [0.15, 0.2) is 0 Å². The monoisotopic (exact) mass is 394 g/mol. The summed E-state index contributed by atoms with van der Waals surface area (Å²) in [5.74, 6) is -1.00. The third-order valence-corrected chi connectivity index (χ3v) is 4.36. The normalized spacial score (nSPS) is 16.1. The maximum absolute atomic E-state index is 13.0. The molecule has 1 heterocycles. The summed E-state index contributed by atoms with van der Waals surface area (Å²) in [5.41, 5.74) is 2.37. The molecule has 29 heavy (non-hydrogen) atoms. The molecule has 0 fully saturated rings. The molecule has 1 aliphatic heterocycles. The van der Waals surface area contributed by atoms with Gasteiger partial charge in [-0.25, -0.2) is 14.4 Å². The molecule has 2 N–H and O–H groups in total. The van der Waals surface area contributed by atoms with Crippen LogP contribution in [0.1, 0.15) is 41.4 Å². The summed E-state index contributed by atoms with van der Waals surface area (Å²) in [4.78, 5) is 37.0. The molecule has 2 amide bonds. The maximum atomic E-state index is 13.0. The van der Waals surface area contributed by atoms with Crippen LogP contribution in [0, 0.1) is 0 Å². The molecule has 150 valence electrons. The van der Waals surface area contributed by atoms with Crippen LogP contribution < -0.4 is 10.6 Å². The molecule has 3 rings (SSSR count). The van der Waals surface area contributed by atoms with Gasteiger partial charge in [0, 0.05) is 0 Å². The summed E-state index contributed by atoms with van der Waals surface area (Å²) >= 11 is 0. The molecule has 0 aliphatic carbocycles. The SMILES string of the molecule is COC(=O)c1ccc(C2NC(=O)NC(c3ccccc3)=C2C(=O)OC(C)C)cc1. The van der Waals surface area contributed by atoms with Crippen LogP contribution in [0.25, 0.3) is 5.70 Å². The first kappa shape index (κ1) is 20.1. The lowest BCUT2D eigenvalue weighted by molar-refractivity contribution is -0.143. The Labute approximate surface area is 168 Å². The fourth-order valence-electron chi connectivity index (χ4n) is 3.07. The van der Waals surface area contributed by atoms with Crippen molar-refractivity contribution in [2.45, 2.75) is 26.0 Å². The number of nitrogens with one attached hydrogen (secondary N) is 2. The van der Waals surface area contributed by atoms with E-state index in [0.717, 1.165) is 0 Å². The van der Waals surface area contributed by atoms with Crippen molar-refractivity contribution in [1.82, 2.24) is 10.6 Å². The van der Waals surface area contributed by atoms with Crippen molar-refractivity contribution in [3.05, 3.63) is 76.9 Å². The van der Waals surface area contributed by atoms with Crippen molar-refractivity contribution in [2.75, 3.05) is 7.11 Å². The van der Waals surface area contributed by atoms with E-state index >= 15 is 0 Å². The molecular formula is C22H22N2O5. The van der Waals surface area contributed by atoms with Crippen molar-refractivity contribution in [2.24, 2.45) is 0 Å². The van der Waals surface area contributed by atoms with Gasteiger partial charge in [0.2, 0.25) is 0 Å². The van der Waals surface area contributed by atoms with E-state index in [1.165, 1.54) is 7.11 Å². The molecule has 0 radical (unpaired) electrons. The Balaban J connectivity index is 2.11. The molecule has 0 saturated heterocycles. The average Bonchev–Trinajstić information content (AvgIpc) is 2.72. The van der Waals surface area contributed by atoms with Crippen LogP contribution in [-0.4, -0.2) is 31.2 Å². The molecule has 0 saturated carbocycles. The van der Waals surface area contributed by atoms with Gasteiger partial charge in [-0.2, -0.15) is 0 Å². The van der Waals surface area contributed by atoms with E-state index in [4.69, 9.17) is 9.47 Å². The molecule has 0 aromatic heterocycles. The highest BCUT2D eigenvalue weighted by Crippen LogP contribution is 2.32. The lowest BCUT2D eigenvalue weighted by Crippen LogP contribution is -2.45. The molecule has 1 aliphatic rings. The lowest BCUT2D eigenvalue weighted by atomic mass is 9.92. The highest BCUT2D eigenvalue weighted by Gasteiger charge is 2.34. The zero-order chi connectivity index (χ0) is 21.0. The van der Waals surface area contributed by atoms with E-state index in [9.17, 15) is 14.4 Å². The first-order valence-corrected chi connectivity index (χ1v) is 9.17. The van der Waals surface area contributed by atoms with Gasteiger partial charge in [0.05, 0.1) is 36.1 Å². The van der Waals surface area contributed by atoms with Gasteiger partial charge in [0.1, 0.15) is 0 Å². The van der Waals surface area contributed by atoms with E-state index in [-0.39, 0.29) is 11.7 Å². The highest BCUT2D eigenvalue weighted by molar-refractivity contribution is 6.04. The maximum Gasteiger partial charge on any atom is 0.338 e. The van der Waals surface area contributed by atoms with Gasteiger partial charge >= 0.3 is 18.0 Å². The van der Waals surface area contributed by atoms with Gasteiger partial charge in [-0.05, 0) is 37.1 Å². The number of rotatable bonds is 5. The number of urea groups is 1. The van der Waals surface area contributed by atoms with Crippen molar-refractivity contribution in [3.8, 4) is 0 Å². The van der Waals surface area contributed by atoms with Crippen LogP contribution in [0.15, 0.2) is 60.2 Å². The van der Waals surface area contributed by atoms with E-state index < -0.39 is 24.0 Å². The highest BCUT2D eigenvalue weighted by atomic mass is 16.5. The van der Waals surface area contributed by atoms with Crippen LogP contribution in [0.5, 0.6) is 0 Å². The predicted molar refractivity (Wildman–Crippen MR) is 107 cm³/mol. The zero-order valence-electron chi connectivity index (χ0n) is 16.4. The van der Waals surface area contributed by atoms with Crippen molar-refractivity contribution >= 4 is 23.7 Å². The van der Waals surface area contributed by atoms with Gasteiger partial charge in [0.25, 0.3) is 0 Å². The smallest absolute Gasteiger partial charge is 0.338 e. The minimum atomic E-state index is -0.739. The summed E-state index contributed by atoms with van der Waals surface area (Å²) in [5, 5.41) is 5.50. The van der Waals surface area contributed by atoms with E-state index in [2.05, 4.69) is 10.6 Å². The molecule has 1 atom stereocenters. The van der Waals surface area contributed by atoms with Crippen molar-refractivity contribution in [3.63, 3.8) is 0 Å². The summed E-state index contributed by atoms with van der Waals surface area (Å²) in [6.45, 7) is 3.52. The standard InChI is InChI=1S/C22H22N2O5/c1-13(2)29-21(26)17-18(14-7-5-4-6-8-14)23-22(27)24-19(17)15-9-11-16(12-10-15)20(25)28-3/h4-13,19H,1-3H3,(H2,23,24,27). The van der Waals surface area contributed by atoms with Gasteiger partial charge in [-0.15, -0.1) is 0 Å². The number of hydrogen-bond acceptors (Lipinski definition) is 5. The van der Waals surface area contributed by atoms with Crippen LogP contribution in [0.4, 0.5) is 4.79 Å². The van der Waals surface area contributed by atoms with Gasteiger partial charge < -0.3 is 20.1 Å². The number of benzene rings is 2. The van der Waals surface area contributed by atoms with Crippen molar-refractivity contribution < 1.29 is 23.9 Å². The Morgan fingerprint density at radius 1 is 0.966 bits per heavy atom. The minimum Gasteiger partial charge on any atom is -0.465 e. The Hall–Kier alpha value is -3.61. The number of hydrogen-bond donors (Lipinski definition) is 2. The summed E-state index contributed by atoms with van der Waals surface area (Å²) in [7, 11) is 1.30. The third-order valence-electron chi connectivity index (χ3n) is 4.36. The van der Waals surface area contributed by atoms with E-state index in [0.29, 0.717) is 22.4 Å². The van der Waals surface area contributed by atoms with Gasteiger partial charge in [-0.1, -0.05) is 42.5 Å².